The summed E-state index contributed by atoms with van der Waals surface area (Å²) in [4.78, 5) is 24.0. The Kier molecular flexibility index (Phi) is 6.74. The Labute approximate surface area is 181 Å². The molecule has 31 heavy (non-hydrogen) atoms. The molecular formula is C22H29N6O3+. The molecule has 2 aromatic rings. The number of hydrogen-bond acceptors (Lipinski definition) is 7. The average molecular weight is 426 g/mol. The second-order valence-electron chi connectivity index (χ2n) is 7.49. The number of nitrogen functional groups attached to an aromatic ring is 1. The smallest absolute Gasteiger partial charge is 0.256 e. The lowest BCUT2D eigenvalue weighted by Crippen LogP contribution is -2.49. The first-order chi connectivity index (χ1) is 14.9. The van der Waals surface area contributed by atoms with Gasteiger partial charge in [0.2, 0.25) is 11.8 Å². The molecule has 2 aromatic heterocycles. The zero-order chi connectivity index (χ0) is 22.5. The molecular weight excluding hydrogens is 396 g/mol. The number of hydrogen-bond donors (Lipinski definition) is 3. The van der Waals surface area contributed by atoms with Crippen LogP contribution in [0.25, 0.3) is 5.57 Å². The molecule has 1 saturated heterocycles. The van der Waals surface area contributed by atoms with Crippen molar-refractivity contribution >= 4 is 23.4 Å². The van der Waals surface area contributed by atoms with Crippen molar-refractivity contribution < 1.29 is 19.7 Å². The number of ether oxygens (including phenoxy) is 2. The molecule has 3 heterocycles. The van der Waals surface area contributed by atoms with Crippen LogP contribution in [0.4, 0.5) is 5.69 Å². The Balaban J connectivity index is 1.88. The molecule has 2 atom stereocenters. The number of pyridine rings is 2. The molecule has 1 amide bonds. The molecule has 0 saturated carbocycles. The van der Waals surface area contributed by atoms with Gasteiger partial charge in [-0.05, 0) is 38.8 Å². The van der Waals surface area contributed by atoms with Crippen molar-refractivity contribution in [3.8, 4) is 11.8 Å². The Morgan fingerprint density at radius 1 is 1.32 bits per heavy atom. The molecule has 0 bridgehead atoms. The van der Waals surface area contributed by atoms with Crippen molar-refractivity contribution in [1.29, 1.82) is 0 Å². The number of amides is 1. The number of rotatable bonds is 6. The van der Waals surface area contributed by atoms with Gasteiger partial charge in [0.1, 0.15) is 6.10 Å². The monoisotopic (exact) mass is 425 g/mol. The maximum Gasteiger partial charge on any atom is 0.256 e. The molecule has 0 radical (unpaired) electrons. The highest BCUT2D eigenvalue weighted by atomic mass is 16.5. The first-order valence-corrected chi connectivity index (χ1v) is 10.1. The van der Waals surface area contributed by atoms with Gasteiger partial charge in [-0.25, -0.2) is 9.97 Å². The number of carbonyl (C=O) groups is 1. The fourth-order valence-electron chi connectivity index (χ4n) is 3.58. The minimum absolute atomic E-state index is 0.0318. The van der Waals surface area contributed by atoms with Gasteiger partial charge in [0.15, 0.2) is 6.21 Å². The number of aromatic nitrogens is 2. The largest absolute Gasteiger partial charge is 0.481 e. The van der Waals surface area contributed by atoms with E-state index in [4.69, 9.17) is 26.4 Å². The second-order valence-corrected chi connectivity index (χ2v) is 7.49. The molecule has 0 aliphatic carbocycles. The summed E-state index contributed by atoms with van der Waals surface area (Å²) >= 11 is 0. The van der Waals surface area contributed by atoms with Gasteiger partial charge in [-0.1, -0.05) is 0 Å². The quantitative estimate of drug-likeness (QED) is 0.575. The fraction of sp³-hybridized carbons (Fsp3) is 0.364. The van der Waals surface area contributed by atoms with Crippen LogP contribution in [0.2, 0.25) is 0 Å². The van der Waals surface area contributed by atoms with Crippen LogP contribution < -0.4 is 26.4 Å². The number of methoxy groups -OCH3 is 1. The maximum absolute atomic E-state index is 13.5. The van der Waals surface area contributed by atoms with Crippen LogP contribution in [0.3, 0.4) is 0 Å². The van der Waals surface area contributed by atoms with Gasteiger partial charge >= 0.3 is 0 Å². The molecule has 164 valence electrons. The Bertz CT molecular complexity index is 1010. The lowest BCUT2D eigenvalue weighted by molar-refractivity contribution is -0.103. The molecule has 3 rings (SSSR count). The summed E-state index contributed by atoms with van der Waals surface area (Å²) in [6.45, 7) is 4.30. The summed E-state index contributed by atoms with van der Waals surface area (Å²) in [6, 6.07) is 5.08. The van der Waals surface area contributed by atoms with E-state index in [9.17, 15) is 4.79 Å². The highest BCUT2D eigenvalue weighted by Gasteiger charge is 2.33. The van der Waals surface area contributed by atoms with Gasteiger partial charge in [-0.3, -0.25) is 10.2 Å². The lowest BCUT2D eigenvalue weighted by Gasteiger charge is -2.38. The molecule has 1 aliphatic rings. The Hall–Kier alpha value is -3.62. The molecule has 9 heteroatoms. The summed E-state index contributed by atoms with van der Waals surface area (Å²) in [5.74, 6) is 0.679. The highest BCUT2D eigenvalue weighted by Crippen LogP contribution is 2.28. The number of anilines is 1. The van der Waals surface area contributed by atoms with Crippen LogP contribution in [-0.2, 0) is 0 Å². The van der Waals surface area contributed by atoms with Crippen LogP contribution in [0.15, 0.2) is 30.6 Å². The summed E-state index contributed by atoms with van der Waals surface area (Å²) in [5, 5.41) is 5.70. The van der Waals surface area contributed by atoms with E-state index < -0.39 is 0 Å². The average Bonchev–Trinajstić information content (AvgIpc) is 2.78. The number of piperidine rings is 1. The van der Waals surface area contributed by atoms with Crippen LogP contribution in [0, 0.1) is 6.92 Å². The van der Waals surface area contributed by atoms with E-state index in [1.165, 1.54) is 19.5 Å². The van der Waals surface area contributed by atoms with Crippen LogP contribution in [0.5, 0.6) is 11.8 Å². The van der Waals surface area contributed by atoms with E-state index >= 15 is 0 Å². The van der Waals surface area contributed by atoms with E-state index in [-0.39, 0.29) is 18.1 Å². The molecule has 0 spiro atoms. The highest BCUT2D eigenvalue weighted by molar-refractivity contribution is 6.11. The van der Waals surface area contributed by atoms with E-state index in [0.29, 0.717) is 40.8 Å². The van der Waals surface area contributed by atoms with E-state index in [1.54, 1.807) is 29.3 Å². The number of carbonyl (C=O) groups excluding carboxylic acids is 1. The van der Waals surface area contributed by atoms with Crippen LogP contribution in [0.1, 0.15) is 41.4 Å². The van der Waals surface area contributed by atoms with E-state index in [1.807, 2.05) is 13.8 Å². The molecule has 1 fully saturated rings. The van der Waals surface area contributed by atoms with Gasteiger partial charge < -0.3 is 25.8 Å². The zero-order valence-corrected chi connectivity index (χ0v) is 18.0. The Morgan fingerprint density at radius 2 is 2.10 bits per heavy atom. The number of allylic oxidation sites excluding steroid dienone is 1. The van der Waals surface area contributed by atoms with Crippen molar-refractivity contribution in [2.45, 2.75) is 38.8 Å². The molecule has 0 aromatic carbocycles. The molecule has 0 unspecified atom stereocenters. The first-order valence-electron chi connectivity index (χ1n) is 10.1. The standard InChI is InChI=1S/C22H28N6O3/c1-13-4-5-16(31-21-14(2)18(25)8-9-26-21)12-28(13)22(29)17-6-7-19(30-3)27-20(17)15(10-23)11-24/h6-11,13,16,23H,4-5,12,24H2,1-3H3,(H2,25,26)/p+1/b15-11+,23-10?/t13-,16-/m1/s1. The maximum atomic E-state index is 13.5. The SMILES string of the molecule is COc1ccc(C(=O)N2C[C@H](Oc3nccc(N)c3C)CC[C@H]2C)c(/C(C=[NH2+])=C/N)n1. The second kappa shape index (κ2) is 9.46. The topological polar surface area (TPSA) is 142 Å². The molecule has 6 N–H and O–H groups in total. The van der Waals surface area contributed by atoms with Gasteiger partial charge in [-0.15, -0.1) is 0 Å². The number of nitrogens with two attached hydrogens (primary N) is 3. The van der Waals surface area contributed by atoms with Crippen molar-refractivity contribution in [2.75, 3.05) is 19.4 Å². The Morgan fingerprint density at radius 3 is 2.77 bits per heavy atom. The van der Waals surface area contributed by atoms with Crippen molar-refractivity contribution in [2.24, 2.45) is 5.73 Å². The van der Waals surface area contributed by atoms with Gasteiger partial charge in [0.25, 0.3) is 5.91 Å². The van der Waals surface area contributed by atoms with Crippen molar-refractivity contribution in [3.05, 3.63) is 47.4 Å². The fourth-order valence-corrected chi connectivity index (χ4v) is 3.58. The van der Waals surface area contributed by atoms with E-state index in [2.05, 4.69) is 9.97 Å². The normalized spacial score (nSPS) is 19.1. The van der Waals surface area contributed by atoms with Gasteiger partial charge in [0, 0.05) is 35.8 Å². The van der Waals surface area contributed by atoms with Crippen LogP contribution >= 0.6 is 0 Å². The third kappa shape index (κ3) is 4.60. The van der Waals surface area contributed by atoms with Gasteiger partial charge in [0.05, 0.1) is 30.5 Å². The summed E-state index contributed by atoms with van der Waals surface area (Å²) in [6.07, 6.45) is 5.65. The lowest BCUT2D eigenvalue weighted by atomic mass is 9.98. The van der Waals surface area contributed by atoms with Crippen molar-refractivity contribution in [1.82, 2.24) is 14.9 Å². The first kappa shape index (κ1) is 22.1. The number of likely N-dealkylation sites (tertiary alicyclic amines) is 1. The van der Waals surface area contributed by atoms with E-state index in [0.717, 1.165) is 18.4 Å². The van der Waals surface area contributed by atoms with Gasteiger partial charge in [-0.2, -0.15) is 0 Å². The summed E-state index contributed by atoms with van der Waals surface area (Å²) < 4.78 is 11.3. The zero-order valence-electron chi connectivity index (χ0n) is 18.0. The minimum atomic E-state index is -0.201. The number of nitrogens with zero attached hydrogens (tertiary/aromatic N) is 3. The molecule has 9 nitrogen and oxygen atoms in total. The predicted molar refractivity (Wildman–Crippen MR) is 118 cm³/mol. The summed E-state index contributed by atoms with van der Waals surface area (Å²) in [7, 11) is 1.51. The van der Waals surface area contributed by atoms with Crippen LogP contribution in [-0.4, -0.2) is 52.8 Å². The minimum Gasteiger partial charge on any atom is -0.481 e. The molecule has 1 aliphatic heterocycles. The third-order valence-corrected chi connectivity index (χ3v) is 5.52. The van der Waals surface area contributed by atoms with Crippen molar-refractivity contribution in [3.63, 3.8) is 0 Å². The summed E-state index contributed by atoms with van der Waals surface area (Å²) in [5.41, 5.74) is 14.3. The predicted octanol–water partition coefficient (Wildman–Crippen LogP) is 0.577. The third-order valence-electron chi connectivity index (χ3n) is 5.52.